The fraction of sp³-hybridized carbons (Fsp3) is 0.435. The number of hydrogen-bond donors (Lipinski definition) is 2. The highest BCUT2D eigenvalue weighted by atomic mass is 32.2. The molecule has 1 aliphatic heterocycles. The van der Waals surface area contributed by atoms with Gasteiger partial charge < -0.3 is 15.1 Å². The molecule has 29 heavy (non-hydrogen) atoms. The Morgan fingerprint density at radius 3 is 2.66 bits per heavy atom. The molecule has 1 amide bonds. The number of benzene rings is 2. The molecular formula is C23H28FNO3S. The van der Waals surface area contributed by atoms with Crippen molar-refractivity contribution in [3.63, 3.8) is 0 Å². The molecule has 3 rings (SSSR count). The SMILES string of the molecule is CCC[C@]1(CO)CN(C(=O)c2ccccc2SCc2ccc(F)cc2)CC[C@@H]1O. The van der Waals surface area contributed by atoms with E-state index < -0.39 is 11.5 Å². The second-order valence-electron chi connectivity index (χ2n) is 7.71. The summed E-state index contributed by atoms with van der Waals surface area (Å²) in [6.45, 7) is 2.72. The van der Waals surface area contributed by atoms with Crippen LogP contribution in [0.5, 0.6) is 0 Å². The molecule has 0 unspecified atom stereocenters. The molecule has 0 aromatic heterocycles. The van der Waals surface area contributed by atoms with Gasteiger partial charge in [-0.05, 0) is 42.7 Å². The average molecular weight is 418 g/mol. The van der Waals surface area contributed by atoms with E-state index in [1.165, 1.54) is 12.1 Å². The number of thioether (sulfide) groups is 1. The van der Waals surface area contributed by atoms with Crippen LogP contribution < -0.4 is 0 Å². The molecule has 2 N–H and O–H groups in total. The van der Waals surface area contributed by atoms with Crippen molar-refractivity contribution in [3.8, 4) is 0 Å². The Balaban J connectivity index is 1.76. The Morgan fingerprint density at radius 2 is 1.97 bits per heavy atom. The van der Waals surface area contributed by atoms with E-state index in [0.29, 0.717) is 37.2 Å². The van der Waals surface area contributed by atoms with Gasteiger partial charge in [0.1, 0.15) is 5.82 Å². The van der Waals surface area contributed by atoms with Crippen molar-refractivity contribution < 1.29 is 19.4 Å². The lowest BCUT2D eigenvalue weighted by Gasteiger charge is -2.45. The Morgan fingerprint density at radius 1 is 1.24 bits per heavy atom. The Hall–Kier alpha value is -1.89. The molecule has 156 valence electrons. The van der Waals surface area contributed by atoms with Gasteiger partial charge in [0.15, 0.2) is 0 Å². The van der Waals surface area contributed by atoms with E-state index in [1.54, 1.807) is 28.8 Å². The molecule has 1 aliphatic rings. The van der Waals surface area contributed by atoms with Crippen molar-refractivity contribution >= 4 is 17.7 Å². The maximum atomic E-state index is 13.3. The van der Waals surface area contributed by atoms with Crippen molar-refractivity contribution in [3.05, 3.63) is 65.5 Å². The lowest BCUT2D eigenvalue weighted by Crippen LogP contribution is -2.55. The molecule has 6 heteroatoms. The van der Waals surface area contributed by atoms with Crippen LogP contribution in [0, 0.1) is 11.2 Å². The molecule has 0 radical (unpaired) electrons. The number of aliphatic hydroxyl groups excluding tert-OH is 2. The molecular weight excluding hydrogens is 389 g/mol. The minimum absolute atomic E-state index is 0.0759. The summed E-state index contributed by atoms with van der Waals surface area (Å²) in [4.78, 5) is 15.9. The third-order valence-electron chi connectivity index (χ3n) is 5.66. The summed E-state index contributed by atoms with van der Waals surface area (Å²) in [5, 5.41) is 20.4. The lowest BCUT2D eigenvalue weighted by molar-refractivity contribution is -0.0720. The molecule has 1 fully saturated rings. The van der Waals surface area contributed by atoms with Crippen LogP contribution in [0.15, 0.2) is 53.4 Å². The van der Waals surface area contributed by atoms with Crippen molar-refractivity contribution in [2.45, 2.75) is 42.9 Å². The first-order chi connectivity index (χ1) is 14.0. The number of amides is 1. The van der Waals surface area contributed by atoms with E-state index in [2.05, 4.69) is 0 Å². The first kappa shape index (κ1) is 21.8. The molecule has 2 atom stereocenters. The molecule has 0 bridgehead atoms. The third kappa shape index (κ3) is 5.00. The molecule has 2 aromatic carbocycles. The van der Waals surface area contributed by atoms with Crippen LogP contribution in [0.1, 0.15) is 42.1 Å². The lowest BCUT2D eigenvalue weighted by atomic mass is 9.74. The van der Waals surface area contributed by atoms with Crippen molar-refractivity contribution in [2.75, 3.05) is 19.7 Å². The molecule has 1 heterocycles. The quantitative estimate of drug-likeness (QED) is 0.666. The van der Waals surface area contributed by atoms with E-state index in [-0.39, 0.29) is 18.3 Å². The summed E-state index contributed by atoms with van der Waals surface area (Å²) in [6, 6.07) is 13.9. The maximum Gasteiger partial charge on any atom is 0.255 e. The number of nitrogens with zero attached hydrogens (tertiary/aromatic N) is 1. The highest BCUT2D eigenvalue weighted by molar-refractivity contribution is 7.98. The fourth-order valence-electron chi connectivity index (χ4n) is 3.98. The summed E-state index contributed by atoms with van der Waals surface area (Å²) in [5.74, 6) is 0.300. The van der Waals surface area contributed by atoms with Crippen LogP contribution in [-0.4, -0.2) is 46.8 Å². The van der Waals surface area contributed by atoms with Crippen LogP contribution in [0.3, 0.4) is 0 Å². The zero-order valence-corrected chi connectivity index (χ0v) is 17.5. The largest absolute Gasteiger partial charge is 0.396 e. The standard InChI is InChI=1S/C23H28FNO3S/c1-2-12-23(16-26)15-25(13-11-21(23)27)22(28)19-5-3-4-6-20(19)29-14-17-7-9-18(24)10-8-17/h3-10,21,26-27H,2,11-16H2,1H3/t21-,23+/m0/s1. The normalized spacial score (nSPS) is 21.9. The monoisotopic (exact) mass is 417 g/mol. The first-order valence-electron chi connectivity index (χ1n) is 10.0. The van der Waals surface area contributed by atoms with Gasteiger partial charge in [-0.1, -0.05) is 37.6 Å². The van der Waals surface area contributed by atoms with E-state index in [4.69, 9.17) is 0 Å². The van der Waals surface area contributed by atoms with Crippen LogP contribution in [0.25, 0.3) is 0 Å². The van der Waals surface area contributed by atoms with Gasteiger partial charge >= 0.3 is 0 Å². The zero-order valence-electron chi connectivity index (χ0n) is 16.7. The predicted molar refractivity (Wildman–Crippen MR) is 113 cm³/mol. The molecule has 1 saturated heterocycles. The number of halogens is 1. The summed E-state index contributed by atoms with van der Waals surface area (Å²) in [7, 11) is 0. The minimum atomic E-state index is -0.654. The Bertz CT molecular complexity index is 829. The molecule has 0 saturated carbocycles. The summed E-state index contributed by atoms with van der Waals surface area (Å²) in [6.07, 6.45) is 1.38. The van der Waals surface area contributed by atoms with Gasteiger partial charge in [-0.3, -0.25) is 4.79 Å². The number of carbonyl (C=O) groups is 1. The highest BCUT2D eigenvalue weighted by Crippen LogP contribution is 2.36. The molecule has 0 spiro atoms. The number of likely N-dealkylation sites (tertiary alicyclic amines) is 1. The van der Waals surface area contributed by atoms with Gasteiger partial charge in [-0.2, -0.15) is 0 Å². The fourth-order valence-corrected chi connectivity index (χ4v) is 4.98. The van der Waals surface area contributed by atoms with Gasteiger partial charge in [0.25, 0.3) is 5.91 Å². The zero-order chi connectivity index (χ0) is 20.9. The van der Waals surface area contributed by atoms with E-state index >= 15 is 0 Å². The van der Waals surface area contributed by atoms with Crippen LogP contribution in [0.2, 0.25) is 0 Å². The van der Waals surface area contributed by atoms with Crippen LogP contribution in [0.4, 0.5) is 4.39 Å². The average Bonchev–Trinajstić information content (AvgIpc) is 2.75. The number of carbonyl (C=O) groups excluding carboxylic acids is 1. The van der Waals surface area contributed by atoms with Crippen molar-refractivity contribution in [1.82, 2.24) is 4.90 Å². The number of hydrogen-bond acceptors (Lipinski definition) is 4. The molecule has 0 aliphatic carbocycles. The van der Waals surface area contributed by atoms with Gasteiger partial charge in [0.2, 0.25) is 0 Å². The van der Waals surface area contributed by atoms with Gasteiger partial charge in [0, 0.05) is 29.2 Å². The number of piperidine rings is 1. The Kier molecular flexibility index (Phi) is 7.33. The van der Waals surface area contributed by atoms with Crippen LogP contribution in [-0.2, 0) is 5.75 Å². The van der Waals surface area contributed by atoms with Crippen molar-refractivity contribution in [2.24, 2.45) is 5.41 Å². The van der Waals surface area contributed by atoms with E-state index in [0.717, 1.165) is 16.9 Å². The minimum Gasteiger partial charge on any atom is -0.396 e. The molecule has 2 aromatic rings. The van der Waals surface area contributed by atoms with E-state index in [9.17, 15) is 19.4 Å². The second kappa shape index (κ2) is 9.74. The van der Waals surface area contributed by atoms with Crippen molar-refractivity contribution in [1.29, 1.82) is 0 Å². The number of rotatable bonds is 7. The summed E-state index contributed by atoms with van der Waals surface area (Å²) >= 11 is 1.55. The van der Waals surface area contributed by atoms with Gasteiger partial charge in [-0.25, -0.2) is 4.39 Å². The van der Waals surface area contributed by atoms with Gasteiger partial charge in [0.05, 0.1) is 18.3 Å². The second-order valence-corrected chi connectivity index (χ2v) is 8.73. The van der Waals surface area contributed by atoms with E-state index in [1.807, 2.05) is 31.2 Å². The Labute approximate surface area is 175 Å². The smallest absolute Gasteiger partial charge is 0.255 e. The van der Waals surface area contributed by atoms with Gasteiger partial charge in [-0.15, -0.1) is 11.8 Å². The number of aliphatic hydroxyl groups is 2. The molecule has 4 nitrogen and oxygen atoms in total. The summed E-state index contributed by atoms with van der Waals surface area (Å²) < 4.78 is 13.1. The predicted octanol–water partition coefficient (Wildman–Crippen LogP) is 4.10. The first-order valence-corrected chi connectivity index (χ1v) is 11.0. The highest BCUT2D eigenvalue weighted by Gasteiger charge is 2.43. The topological polar surface area (TPSA) is 60.8 Å². The maximum absolute atomic E-state index is 13.3. The van der Waals surface area contributed by atoms with Crippen LogP contribution >= 0.6 is 11.8 Å². The summed E-state index contributed by atoms with van der Waals surface area (Å²) in [5.41, 5.74) is 0.958. The third-order valence-corrected chi connectivity index (χ3v) is 6.80.